The lowest BCUT2D eigenvalue weighted by molar-refractivity contribution is -0.116. The van der Waals surface area contributed by atoms with Gasteiger partial charge in [-0.2, -0.15) is 8.42 Å². The van der Waals surface area contributed by atoms with Gasteiger partial charge in [0.25, 0.3) is 10.1 Å². The van der Waals surface area contributed by atoms with Crippen LogP contribution in [0.1, 0.15) is 5.56 Å². The summed E-state index contributed by atoms with van der Waals surface area (Å²) in [6.45, 7) is 0. The smallest absolute Gasteiger partial charge is 0.336 e. The average molecular weight is 282 g/mol. The van der Waals surface area contributed by atoms with Gasteiger partial charge in [0.05, 0.1) is 0 Å². The van der Waals surface area contributed by atoms with Crippen molar-refractivity contribution in [1.82, 2.24) is 0 Å². The SMILES string of the molecule is O=C(Cc1cc(=O)oc2ccccc12)CS(=O)(=O)O. The third kappa shape index (κ3) is 3.49. The molecule has 0 saturated heterocycles. The minimum Gasteiger partial charge on any atom is -0.423 e. The highest BCUT2D eigenvalue weighted by Gasteiger charge is 2.15. The number of hydrogen-bond acceptors (Lipinski definition) is 5. The Morgan fingerprint density at radius 2 is 1.95 bits per heavy atom. The van der Waals surface area contributed by atoms with E-state index in [2.05, 4.69) is 0 Å². The van der Waals surface area contributed by atoms with Crippen LogP contribution in [0.25, 0.3) is 11.0 Å². The molecular formula is C12H10O6S. The van der Waals surface area contributed by atoms with Crippen molar-refractivity contribution in [2.24, 2.45) is 0 Å². The number of fused-ring (bicyclic) bond motifs is 1. The normalized spacial score (nSPS) is 11.6. The lowest BCUT2D eigenvalue weighted by Crippen LogP contribution is -2.17. The number of benzene rings is 1. The lowest BCUT2D eigenvalue weighted by atomic mass is 10.1. The molecule has 0 fully saturated rings. The maximum Gasteiger partial charge on any atom is 0.336 e. The maximum atomic E-state index is 11.5. The summed E-state index contributed by atoms with van der Waals surface area (Å²) in [7, 11) is -4.36. The van der Waals surface area contributed by atoms with Gasteiger partial charge in [-0.1, -0.05) is 18.2 Å². The van der Waals surface area contributed by atoms with Crippen LogP contribution in [0.15, 0.2) is 39.5 Å². The molecule has 0 amide bonds. The number of Topliss-reactive ketones (excluding diaryl/α,β-unsaturated/α-hetero) is 1. The fourth-order valence-corrected chi connectivity index (χ4v) is 2.30. The number of para-hydroxylation sites is 1. The summed E-state index contributed by atoms with van der Waals surface area (Å²) in [6, 6.07) is 7.76. The second-order valence-electron chi connectivity index (χ2n) is 4.03. The second kappa shape index (κ2) is 4.94. The fraction of sp³-hybridized carbons (Fsp3) is 0.167. The summed E-state index contributed by atoms with van der Waals surface area (Å²) in [5.41, 5.74) is 0.0820. The molecule has 0 spiro atoms. The van der Waals surface area contributed by atoms with Crippen LogP contribution >= 0.6 is 0 Å². The molecule has 7 heteroatoms. The Labute approximate surface area is 108 Å². The Balaban J connectivity index is 2.40. The minimum atomic E-state index is -4.36. The number of hydrogen-bond donors (Lipinski definition) is 1. The predicted octanol–water partition coefficient (Wildman–Crippen LogP) is 0.792. The first-order valence-electron chi connectivity index (χ1n) is 5.34. The molecule has 1 heterocycles. The quantitative estimate of drug-likeness (QED) is 0.657. The van der Waals surface area contributed by atoms with Crippen molar-refractivity contribution in [2.45, 2.75) is 6.42 Å². The fourth-order valence-electron chi connectivity index (χ4n) is 1.79. The van der Waals surface area contributed by atoms with E-state index < -0.39 is 27.3 Å². The Hall–Kier alpha value is -1.99. The van der Waals surface area contributed by atoms with Crippen molar-refractivity contribution >= 4 is 26.9 Å². The van der Waals surface area contributed by atoms with E-state index in [0.717, 1.165) is 6.07 Å². The van der Waals surface area contributed by atoms with Crippen LogP contribution in [0.2, 0.25) is 0 Å². The summed E-state index contributed by atoms with van der Waals surface area (Å²) in [4.78, 5) is 22.8. The molecule has 1 aromatic heterocycles. The molecule has 0 saturated carbocycles. The molecule has 1 N–H and O–H groups in total. The first-order valence-corrected chi connectivity index (χ1v) is 6.95. The minimum absolute atomic E-state index is 0.258. The average Bonchev–Trinajstić information content (AvgIpc) is 2.25. The summed E-state index contributed by atoms with van der Waals surface area (Å²) in [6.07, 6.45) is -0.258. The molecule has 19 heavy (non-hydrogen) atoms. The molecule has 0 atom stereocenters. The van der Waals surface area contributed by atoms with Crippen LogP contribution in [0.5, 0.6) is 0 Å². The molecule has 0 unspecified atom stereocenters. The van der Waals surface area contributed by atoms with Gasteiger partial charge in [0.2, 0.25) is 0 Å². The van der Waals surface area contributed by atoms with Gasteiger partial charge in [0.15, 0.2) is 5.78 Å². The third-order valence-electron chi connectivity index (χ3n) is 2.47. The van der Waals surface area contributed by atoms with Gasteiger partial charge >= 0.3 is 5.63 Å². The number of rotatable bonds is 4. The zero-order valence-electron chi connectivity index (χ0n) is 9.70. The standard InChI is InChI=1S/C12H10O6S/c13-9(7-19(15,16)17)5-8-6-12(14)18-11-4-2-1-3-10(8)11/h1-4,6H,5,7H2,(H,15,16,17). The predicted molar refractivity (Wildman–Crippen MR) is 67.6 cm³/mol. The molecule has 0 aliphatic carbocycles. The van der Waals surface area contributed by atoms with Crippen LogP contribution in [-0.2, 0) is 21.3 Å². The van der Waals surface area contributed by atoms with Crippen molar-refractivity contribution in [1.29, 1.82) is 0 Å². The number of ketones is 1. The second-order valence-corrected chi connectivity index (χ2v) is 5.48. The van der Waals surface area contributed by atoms with E-state index in [-0.39, 0.29) is 6.42 Å². The molecule has 0 aliphatic rings. The molecule has 6 nitrogen and oxygen atoms in total. The van der Waals surface area contributed by atoms with Gasteiger partial charge in [-0.3, -0.25) is 9.35 Å². The zero-order valence-corrected chi connectivity index (χ0v) is 10.5. The highest BCUT2D eigenvalue weighted by molar-refractivity contribution is 7.86. The van der Waals surface area contributed by atoms with E-state index in [1.165, 1.54) is 0 Å². The summed E-state index contributed by atoms with van der Waals surface area (Å²) >= 11 is 0. The van der Waals surface area contributed by atoms with E-state index in [1.54, 1.807) is 24.3 Å². The van der Waals surface area contributed by atoms with Crippen LogP contribution in [-0.4, -0.2) is 24.5 Å². The molecule has 2 rings (SSSR count). The van der Waals surface area contributed by atoms with Crippen LogP contribution in [0.4, 0.5) is 0 Å². The van der Waals surface area contributed by atoms with Gasteiger partial charge in [-0.05, 0) is 11.6 Å². The molecular weight excluding hydrogens is 272 g/mol. The van der Waals surface area contributed by atoms with E-state index in [1.807, 2.05) is 0 Å². The highest BCUT2D eigenvalue weighted by Crippen LogP contribution is 2.17. The first-order chi connectivity index (χ1) is 8.85. The Bertz CT molecular complexity index is 787. The zero-order chi connectivity index (χ0) is 14.0. The van der Waals surface area contributed by atoms with Gasteiger partial charge in [0, 0.05) is 17.9 Å². The topological polar surface area (TPSA) is 102 Å². The van der Waals surface area contributed by atoms with Crippen molar-refractivity contribution in [3.8, 4) is 0 Å². The Morgan fingerprint density at radius 1 is 1.26 bits per heavy atom. The van der Waals surface area contributed by atoms with E-state index >= 15 is 0 Å². The third-order valence-corrected chi connectivity index (χ3v) is 3.15. The maximum absolute atomic E-state index is 11.5. The molecule has 0 aliphatic heterocycles. The van der Waals surface area contributed by atoms with E-state index in [9.17, 15) is 18.0 Å². The van der Waals surface area contributed by atoms with Gasteiger partial charge in [-0.25, -0.2) is 4.79 Å². The largest absolute Gasteiger partial charge is 0.423 e. The van der Waals surface area contributed by atoms with Gasteiger partial charge in [0.1, 0.15) is 11.3 Å². The first kappa shape index (κ1) is 13.4. The van der Waals surface area contributed by atoms with Crippen molar-refractivity contribution in [3.05, 3.63) is 46.3 Å². The van der Waals surface area contributed by atoms with Crippen LogP contribution in [0, 0.1) is 0 Å². The van der Waals surface area contributed by atoms with E-state index in [4.69, 9.17) is 8.97 Å². The summed E-state index contributed by atoms with van der Waals surface area (Å²) < 4.78 is 34.8. The lowest BCUT2D eigenvalue weighted by Gasteiger charge is -2.03. The number of carbonyl (C=O) groups excluding carboxylic acids is 1. The van der Waals surface area contributed by atoms with Crippen molar-refractivity contribution in [2.75, 3.05) is 5.75 Å². The van der Waals surface area contributed by atoms with E-state index in [0.29, 0.717) is 16.5 Å². The molecule has 0 radical (unpaired) electrons. The molecule has 0 bridgehead atoms. The van der Waals surface area contributed by atoms with Crippen LogP contribution < -0.4 is 5.63 Å². The number of carbonyl (C=O) groups is 1. The molecule has 1 aromatic carbocycles. The van der Waals surface area contributed by atoms with Crippen LogP contribution in [0.3, 0.4) is 0 Å². The van der Waals surface area contributed by atoms with Gasteiger partial charge < -0.3 is 4.42 Å². The Morgan fingerprint density at radius 3 is 2.63 bits per heavy atom. The monoisotopic (exact) mass is 282 g/mol. The van der Waals surface area contributed by atoms with Gasteiger partial charge in [-0.15, -0.1) is 0 Å². The van der Waals surface area contributed by atoms with Crippen molar-refractivity contribution < 1.29 is 22.2 Å². The molecule has 2 aromatic rings. The summed E-state index contributed by atoms with van der Waals surface area (Å²) in [5.74, 6) is -1.67. The molecule has 100 valence electrons. The Kier molecular flexibility index (Phi) is 3.50. The summed E-state index contributed by atoms with van der Waals surface area (Å²) in [5, 5.41) is 0.561. The van der Waals surface area contributed by atoms with Crippen molar-refractivity contribution in [3.63, 3.8) is 0 Å². The highest BCUT2D eigenvalue weighted by atomic mass is 32.2.